The second kappa shape index (κ2) is 8.13. The number of anilines is 1. The van der Waals surface area contributed by atoms with Crippen LogP contribution in [0.5, 0.6) is 0 Å². The van der Waals surface area contributed by atoms with Gasteiger partial charge < -0.3 is 4.74 Å². The summed E-state index contributed by atoms with van der Waals surface area (Å²) in [5.74, 6) is 0.261. The number of ether oxygens (including phenoxy) is 1. The van der Waals surface area contributed by atoms with Crippen molar-refractivity contribution in [2.45, 2.75) is 58.1 Å². The van der Waals surface area contributed by atoms with E-state index in [0.29, 0.717) is 16.6 Å². The first-order chi connectivity index (χ1) is 14.9. The molecule has 3 heterocycles. The standard InChI is InChI=1S/C23H24BrN3O3S/c1-12(2)11-17-25-26-23(31-17)27-19(13-7-9-14(24)10-8-13)18-20(28)15-5-3-4-6-16(15)30-21(18)22(27)29/h7-10,12,15-16,19H,3-6,11H2,1-2H3. The summed E-state index contributed by atoms with van der Waals surface area (Å²) in [7, 11) is 0. The molecule has 8 heteroatoms. The molecule has 3 atom stereocenters. The van der Waals surface area contributed by atoms with Crippen molar-refractivity contribution in [3.05, 3.63) is 50.6 Å². The van der Waals surface area contributed by atoms with Crippen LogP contribution >= 0.6 is 27.3 Å². The molecule has 6 nitrogen and oxygen atoms in total. The van der Waals surface area contributed by atoms with E-state index in [1.165, 1.54) is 11.3 Å². The first-order valence-corrected chi connectivity index (χ1v) is 12.4. The summed E-state index contributed by atoms with van der Waals surface area (Å²) < 4.78 is 7.15. The number of hydrogen-bond acceptors (Lipinski definition) is 6. The van der Waals surface area contributed by atoms with Gasteiger partial charge in [0.15, 0.2) is 11.5 Å². The first kappa shape index (κ1) is 20.8. The molecule has 162 valence electrons. The minimum Gasteiger partial charge on any atom is -0.483 e. The maximum atomic E-state index is 13.6. The lowest BCUT2D eigenvalue weighted by atomic mass is 9.77. The second-order valence-corrected chi connectivity index (χ2v) is 10.8. The molecular weight excluding hydrogens is 478 g/mol. The maximum absolute atomic E-state index is 13.6. The van der Waals surface area contributed by atoms with Crippen LogP contribution in [0.25, 0.3) is 0 Å². The van der Waals surface area contributed by atoms with Crippen LogP contribution in [-0.2, 0) is 20.7 Å². The van der Waals surface area contributed by atoms with E-state index < -0.39 is 6.04 Å². The molecule has 0 bridgehead atoms. The van der Waals surface area contributed by atoms with Gasteiger partial charge in [-0.15, -0.1) is 10.2 Å². The molecule has 31 heavy (non-hydrogen) atoms. The Kier molecular flexibility index (Phi) is 5.46. The molecule has 1 aliphatic carbocycles. The molecule has 2 aromatic rings. The minimum absolute atomic E-state index is 0.0571. The van der Waals surface area contributed by atoms with Gasteiger partial charge in [0.1, 0.15) is 11.1 Å². The predicted molar refractivity (Wildman–Crippen MR) is 122 cm³/mol. The zero-order chi connectivity index (χ0) is 21.7. The molecule has 5 rings (SSSR count). The number of fused-ring (bicyclic) bond motifs is 1. The zero-order valence-electron chi connectivity index (χ0n) is 17.5. The van der Waals surface area contributed by atoms with E-state index in [0.717, 1.165) is 47.1 Å². The largest absolute Gasteiger partial charge is 0.483 e. The average molecular weight is 502 g/mol. The van der Waals surface area contributed by atoms with E-state index in [4.69, 9.17) is 4.74 Å². The van der Waals surface area contributed by atoms with Gasteiger partial charge in [0.25, 0.3) is 5.91 Å². The molecule has 3 aliphatic rings. The second-order valence-electron chi connectivity index (χ2n) is 8.86. The van der Waals surface area contributed by atoms with Gasteiger partial charge in [0.05, 0.1) is 17.5 Å². The van der Waals surface area contributed by atoms with Crippen LogP contribution in [0.15, 0.2) is 40.1 Å². The number of rotatable bonds is 4. The molecule has 0 saturated heterocycles. The summed E-state index contributed by atoms with van der Waals surface area (Å²) in [6, 6.07) is 7.21. The highest BCUT2D eigenvalue weighted by atomic mass is 79.9. The molecule has 1 aromatic carbocycles. The Balaban J connectivity index is 1.60. The number of aromatic nitrogens is 2. The van der Waals surface area contributed by atoms with Gasteiger partial charge in [0, 0.05) is 10.9 Å². The first-order valence-electron chi connectivity index (χ1n) is 10.8. The van der Waals surface area contributed by atoms with Gasteiger partial charge in [0.2, 0.25) is 5.13 Å². The van der Waals surface area contributed by atoms with Crippen molar-refractivity contribution in [1.29, 1.82) is 0 Å². The summed E-state index contributed by atoms with van der Waals surface area (Å²) in [6.07, 6.45) is 4.30. The monoisotopic (exact) mass is 501 g/mol. The van der Waals surface area contributed by atoms with Gasteiger partial charge in [-0.25, -0.2) is 0 Å². The van der Waals surface area contributed by atoms with Gasteiger partial charge in [-0.2, -0.15) is 0 Å². The highest BCUT2D eigenvalue weighted by Crippen LogP contribution is 2.48. The molecule has 0 N–H and O–H groups in total. The number of ketones is 1. The van der Waals surface area contributed by atoms with Crippen molar-refractivity contribution in [1.82, 2.24) is 10.2 Å². The fourth-order valence-corrected chi connectivity index (χ4v) is 6.12. The third kappa shape index (κ3) is 3.63. The van der Waals surface area contributed by atoms with Gasteiger partial charge in [-0.1, -0.05) is 59.7 Å². The van der Waals surface area contributed by atoms with E-state index >= 15 is 0 Å². The summed E-state index contributed by atoms with van der Waals surface area (Å²) in [5.41, 5.74) is 1.35. The lowest BCUT2D eigenvalue weighted by molar-refractivity contribution is -0.131. The van der Waals surface area contributed by atoms with Crippen molar-refractivity contribution in [3.8, 4) is 0 Å². The quantitative estimate of drug-likeness (QED) is 0.589. The topological polar surface area (TPSA) is 72.4 Å². The van der Waals surface area contributed by atoms with Crippen molar-refractivity contribution in [3.63, 3.8) is 0 Å². The smallest absolute Gasteiger partial charge is 0.296 e. The summed E-state index contributed by atoms with van der Waals surface area (Å²) in [4.78, 5) is 28.8. The highest BCUT2D eigenvalue weighted by molar-refractivity contribution is 9.10. The van der Waals surface area contributed by atoms with Crippen LogP contribution in [-0.4, -0.2) is 28.0 Å². The van der Waals surface area contributed by atoms with Crippen LogP contribution in [0.4, 0.5) is 5.13 Å². The maximum Gasteiger partial charge on any atom is 0.296 e. The third-order valence-corrected chi connectivity index (χ3v) is 7.67. The normalized spacial score (nSPS) is 25.7. The van der Waals surface area contributed by atoms with Gasteiger partial charge in [-0.05, 0) is 42.9 Å². The summed E-state index contributed by atoms with van der Waals surface area (Å²) in [6.45, 7) is 4.25. The third-order valence-electron chi connectivity index (χ3n) is 6.19. The molecule has 1 saturated carbocycles. The lowest BCUT2D eigenvalue weighted by Gasteiger charge is -2.35. The SMILES string of the molecule is CC(C)Cc1nnc(N2C(=O)C3=C(C(=O)C4CCCCC4O3)C2c2ccc(Br)cc2)s1. The van der Waals surface area contributed by atoms with E-state index in [1.807, 2.05) is 24.3 Å². The number of carbonyl (C=O) groups is 2. The number of benzene rings is 1. The van der Waals surface area contributed by atoms with E-state index in [9.17, 15) is 9.59 Å². The lowest BCUT2D eigenvalue weighted by Crippen LogP contribution is -2.39. The predicted octanol–water partition coefficient (Wildman–Crippen LogP) is 5.00. The fraction of sp³-hybridized carbons (Fsp3) is 0.478. The Hall–Kier alpha value is -2.06. The molecule has 1 fully saturated rings. The molecule has 2 aliphatic heterocycles. The van der Waals surface area contributed by atoms with Crippen LogP contribution in [0, 0.1) is 11.8 Å². The number of amides is 1. The summed E-state index contributed by atoms with van der Waals surface area (Å²) in [5, 5.41) is 10.1. The van der Waals surface area contributed by atoms with Crippen molar-refractivity contribution in [2.24, 2.45) is 11.8 Å². The van der Waals surface area contributed by atoms with E-state index in [1.54, 1.807) is 4.90 Å². The van der Waals surface area contributed by atoms with Gasteiger partial charge >= 0.3 is 0 Å². The van der Waals surface area contributed by atoms with Crippen LogP contribution in [0.3, 0.4) is 0 Å². The van der Waals surface area contributed by atoms with Crippen molar-refractivity contribution in [2.75, 3.05) is 4.90 Å². The number of carbonyl (C=O) groups excluding carboxylic acids is 2. The van der Waals surface area contributed by atoms with Crippen molar-refractivity contribution < 1.29 is 14.3 Å². The average Bonchev–Trinajstić information content (AvgIpc) is 3.31. The van der Waals surface area contributed by atoms with E-state index in [2.05, 4.69) is 40.0 Å². The molecule has 0 spiro atoms. The Morgan fingerprint density at radius 2 is 1.90 bits per heavy atom. The highest BCUT2D eigenvalue weighted by Gasteiger charge is 2.53. The molecule has 1 aromatic heterocycles. The number of hydrogen-bond donors (Lipinski definition) is 0. The number of Topliss-reactive ketones (excluding diaryl/α,β-unsaturated/α-hetero) is 1. The number of nitrogens with zero attached hydrogens (tertiary/aromatic N) is 3. The Labute approximate surface area is 193 Å². The summed E-state index contributed by atoms with van der Waals surface area (Å²) >= 11 is 4.89. The molecular formula is C23H24BrN3O3S. The van der Waals surface area contributed by atoms with E-state index in [-0.39, 0.29) is 29.5 Å². The van der Waals surface area contributed by atoms with Gasteiger partial charge in [-0.3, -0.25) is 14.5 Å². The fourth-order valence-electron chi connectivity index (χ4n) is 4.78. The number of halogens is 1. The molecule has 1 amide bonds. The van der Waals surface area contributed by atoms with Crippen LogP contribution < -0.4 is 4.90 Å². The Bertz CT molecular complexity index is 1060. The van der Waals surface area contributed by atoms with Crippen LogP contribution in [0.2, 0.25) is 0 Å². The van der Waals surface area contributed by atoms with Crippen LogP contribution in [0.1, 0.15) is 56.1 Å². The molecule has 3 unspecified atom stereocenters. The Morgan fingerprint density at radius 1 is 1.16 bits per heavy atom. The minimum atomic E-state index is -0.536. The van der Waals surface area contributed by atoms with Crippen molar-refractivity contribution >= 4 is 44.1 Å². The molecule has 0 radical (unpaired) electrons. The zero-order valence-corrected chi connectivity index (χ0v) is 19.9. The Morgan fingerprint density at radius 3 is 2.65 bits per heavy atom.